The first-order valence-corrected chi connectivity index (χ1v) is 6.64. The van der Waals surface area contributed by atoms with Crippen LogP contribution in [0.5, 0.6) is 0 Å². The van der Waals surface area contributed by atoms with Gasteiger partial charge in [-0.15, -0.1) is 10.2 Å². The molecule has 104 valence electrons. The third kappa shape index (κ3) is 3.54. The van der Waals surface area contributed by atoms with Crippen LogP contribution in [0.4, 0.5) is 5.82 Å². The average Bonchev–Trinajstić information content (AvgIpc) is 2.49. The third-order valence-electron chi connectivity index (χ3n) is 2.90. The van der Waals surface area contributed by atoms with Gasteiger partial charge in [0.2, 0.25) is 0 Å². The number of hydrogen-bond acceptors (Lipinski definition) is 4. The van der Waals surface area contributed by atoms with Gasteiger partial charge >= 0.3 is 0 Å². The van der Waals surface area contributed by atoms with Gasteiger partial charge in [0.15, 0.2) is 5.69 Å². The number of benzene rings is 1. The quantitative estimate of drug-likeness (QED) is 0.875. The summed E-state index contributed by atoms with van der Waals surface area (Å²) in [5.41, 5.74) is 1.37. The SMILES string of the molecule is CCNc1ccc(C(=O)NC(C)c2ccccc2)nn1. The van der Waals surface area contributed by atoms with Crippen molar-refractivity contribution in [2.24, 2.45) is 0 Å². The van der Waals surface area contributed by atoms with E-state index in [9.17, 15) is 4.79 Å². The Morgan fingerprint density at radius 3 is 2.50 bits per heavy atom. The monoisotopic (exact) mass is 270 g/mol. The Hall–Kier alpha value is -2.43. The fourth-order valence-corrected chi connectivity index (χ4v) is 1.82. The topological polar surface area (TPSA) is 66.9 Å². The summed E-state index contributed by atoms with van der Waals surface area (Å²) in [6.45, 7) is 4.68. The van der Waals surface area contributed by atoms with Crippen LogP contribution in [0.25, 0.3) is 0 Å². The minimum absolute atomic E-state index is 0.0704. The van der Waals surface area contributed by atoms with E-state index in [-0.39, 0.29) is 11.9 Å². The van der Waals surface area contributed by atoms with E-state index in [2.05, 4.69) is 20.8 Å². The molecule has 0 saturated heterocycles. The van der Waals surface area contributed by atoms with Gasteiger partial charge < -0.3 is 10.6 Å². The number of aromatic nitrogens is 2. The Balaban J connectivity index is 2.01. The second-order valence-electron chi connectivity index (χ2n) is 4.44. The molecule has 5 nitrogen and oxygen atoms in total. The molecule has 2 rings (SSSR count). The molecular formula is C15H18N4O. The van der Waals surface area contributed by atoms with Gasteiger partial charge in [-0.2, -0.15) is 0 Å². The smallest absolute Gasteiger partial charge is 0.272 e. The van der Waals surface area contributed by atoms with Gasteiger partial charge in [-0.25, -0.2) is 0 Å². The van der Waals surface area contributed by atoms with E-state index in [0.717, 1.165) is 12.1 Å². The summed E-state index contributed by atoms with van der Waals surface area (Å²) in [6, 6.07) is 13.1. The number of nitrogens with zero attached hydrogens (tertiary/aromatic N) is 2. The van der Waals surface area contributed by atoms with Crippen molar-refractivity contribution < 1.29 is 4.79 Å². The van der Waals surface area contributed by atoms with E-state index in [4.69, 9.17) is 0 Å². The molecular weight excluding hydrogens is 252 g/mol. The standard InChI is InChI=1S/C15H18N4O/c1-3-16-14-10-9-13(18-19-14)15(20)17-11(2)12-7-5-4-6-8-12/h4-11H,3H2,1-2H3,(H,16,19)(H,17,20). The number of carbonyl (C=O) groups is 1. The predicted octanol–water partition coefficient (Wildman–Crippen LogP) is 2.40. The van der Waals surface area contributed by atoms with Crippen LogP contribution in [0.15, 0.2) is 42.5 Å². The first-order valence-electron chi connectivity index (χ1n) is 6.64. The van der Waals surface area contributed by atoms with Gasteiger partial charge in [0.1, 0.15) is 5.82 Å². The van der Waals surface area contributed by atoms with Crippen molar-refractivity contribution >= 4 is 11.7 Å². The molecule has 5 heteroatoms. The normalized spacial score (nSPS) is 11.7. The zero-order chi connectivity index (χ0) is 14.4. The molecule has 2 N–H and O–H groups in total. The number of anilines is 1. The summed E-state index contributed by atoms with van der Waals surface area (Å²) >= 11 is 0. The summed E-state index contributed by atoms with van der Waals surface area (Å²) in [7, 11) is 0. The highest BCUT2D eigenvalue weighted by Crippen LogP contribution is 2.12. The molecule has 0 bridgehead atoms. The molecule has 0 spiro atoms. The number of hydrogen-bond donors (Lipinski definition) is 2. The van der Waals surface area contributed by atoms with E-state index in [1.54, 1.807) is 12.1 Å². The maximum Gasteiger partial charge on any atom is 0.272 e. The van der Waals surface area contributed by atoms with Crippen LogP contribution in [0.3, 0.4) is 0 Å². The van der Waals surface area contributed by atoms with E-state index in [1.807, 2.05) is 44.2 Å². The van der Waals surface area contributed by atoms with Gasteiger partial charge in [0.25, 0.3) is 5.91 Å². The summed E-state index contributed by atoms with van der Waals surface area (Å²) in [5.74, 6) is 0.442. The lowest BCUT2D eigenvalue weighted by Gasteiger charge is -2.13. The zero-order valence-electron chi connectivity index (χ0n) is 11.6. The van der Waals surface area contributed by atoms with Crippen LogP contribution in [0, 0.1) is 0 Å². The van der Waals surface area contributed by atoms with E-state index >= 15 is 0 Å². The molecule has 20 heavy (non-hydrogen) atoms. The molecule has 0 fully saturated rings. The van der Waals surface area contributed by atoms with Crippen molar-refractivity contribution in [3.05, 3.63) is 53.7 Å². The van der Waals surface area contributed by atoms with E-state index < -0.39 is 0 Å². The second kappa shape index (κ2) is 6.65. The molecule has 0 saturated carbocycles. The molecule has 2 aromatic rings. The van der Waals surface area contributed by atoms with Crippen LogP contribution in [0.2, 0.25) is 0 Å². The number of carbonyl (C=O) groups excluding carboxylic acids is 1. The van der Waals surface area contributed by atoms with Crippen molar-refractivity contribution in [3.8, 4) is 0 Å². The highest BCUT2D eigenvalue weighted by atomic mass is 16.2. The van der Waals surface area contributed by atoms with Crippen LogP contribution in [-0.4, -0.2) is 22.6 Å². The Kier molecular flexibility index (Phi) is 4.65. The summed E-state index contributed by atoms with van der Waals surface area (Å²) in [6.07, 6.45) is 0. The molecule has 0 radical (unpaired) electrons. The van der Waals surface area contributed by atoms with Gasteiger partial charge in [-0.3, -0.25) is 4.79 Å². The molecule has 1 amide bonds. The Morgan fingerprint density at radius 2 is 1.90 bits per heavy atom. The first kappa shape index (κ1) is 14.0. The first-order chi connectivity index (χ1) is 9.70. The highest BCUT2D eigenvalue weighted by molar-refractivity contribution is 5.92. The minimum atomic E-state index is -0.225. The van der Waals surface area contributed by atoms with Gasteiger partial charge in [-0.05, 0) is 31.5 Å². The maximum atomic E-state index is 12.1. The Bertz CT molecular complexity index is 554. The van der Waals surface area contributed by atoms with Crippen LogP contribution in [-0.2, 0) is 0 Å². The van der Waals surface area contributed by atoms with Gasteiger partial charge in [0, 0.05) is 6.54 Å². The lowest BCUT2D eigenvalue weighted by atomic mass is 10.1. The molecule has 1 aromatic carbocycles. The molecule has 0 aliphatic carbocycles. The minimum Gasteiger partial charge on any atom is -0.369 e. The lowest BCUT2D eigenvalue weighted by molar-refractivity contribution is 0.0934. The summed E-state index contributed by atoms with van der Waals surface area (Å²) in [4.78, 5) is 12.1. The molecule has 1 heterocycles. The number of amides is 1. The molecule has 1 unspecified atom stereocenters. The number of rotatable bonds is 5. The van der Waals surface area contributed by atoms with Crippen LogP contribution < -0.4 is 10.6 Å². The summed E-state index contributed by atoms with van der Waals surface area (Å²) < 4.78 is 0. The predicted molar refractivity (Wildman–Crippen MR) is 78.5 cm³/mol. The van der Waals surface area contributed by atoms with Crippen LogP contribution in [0.1, 0.15) is 35.9 Å². The molecule has 0 aliphatic rings. The van der Waals surface area contributed by atoms with Crippen molar-refractivity contribution in [2.45, 2.75) is 19.9 Å². The fraction of sp³-hybridized carbons (Fsp3) is 0.267. The van der Waals surface area contributed by atoms with E-state index in [1.165, 1.54) is 0 Å². The largest absolute Gasteiger partial charge is 0.369 e. The van der Waals surface area contributed by atoms with Gasteiger partial charge in [0.05, 0.1) is 6.04 Å². The Labute approximate surface area is 118 Å². The Morgan fingerprint density at radius 1 is 1.15 bits per heavy atom. The second-order valence-corrected chi connectivity index (χ2v) is 4.44. The lowest BCUT2D eigenvalue weighted by Crippen LogP contribution is -2.27. The van der Waals surface area contributed by atoms with E-state index in [0.29, 0.717) is 11.5 Å². The van der Waals surface area contributed by atoms with Crippen molar-refractivity contribution in [1.29, 1.82) is 0 Å². The number of nitrogens with one attached hydrogen (secondary N) is 2. The summed E-state index contributed by atoms with van der Waals surface area (Å²) in [5, 5.41) is 13.8. The molecule has 1 aromatic heterocycles. The van der Waals surface area contributed by atoms with Gasteiger partial charge in [-0.1, -0.05) is 30.3 Å². The third-order valence-corrected chi connectivity index (χ3v) is 2.90. The van der Waals surface area contributed by atoms with Crippen molar-refractivity contribution in [1.82, 2.24) is 15.5 Å². The maximum absolute atomic E-state index is 12.1. The van der Waals surface area contributed by atoms with Crippen LogP contribution >= 0.6 is 0 Å². The molecule has 1 atom stereocenters. The zero-order valence-corrected chi connectivity index (χ0v) is 11.6. The molecule has 0 aliphatic heterocycles. The fourth-order valence-electron chi connectivity index (χ4n) is 1.82. The highest BCUT2D eigenvalue weighted by Gasteiger charge is 2.12. The van der Waals surface area contributed by atoms with Crippen molar-refractivity contribution in [3.63, 3.8) is 0 Å². The van der Waals surface area contributed by atoms with Crippen molar-refractivity contribution in [2.75, 3.05) is 11.9 Å². The average molecular weight is 270 g/mol.